The van der Waals surface area contributed by atoms with E-state index in [1.807, 2.05) is 0 Å². The standard InChI is InChI=1S/C11H11ClN2O2/c1-7-11(16)13-6-10(15)14(7)9-5-3-2-4-8(9)12/h2-5,7H,6H2,1H3,(H,13,16). The number of hydrogen-bond acceptors (Lipinski definition) is 2. The number of benzene rings is 1. The molecule has 84 valence electrons. The van der Waals surface area contributed by atoms with Crippen molar-refractivity contribution in [3.63, 3.8) is 0 Å². The molecule has 0 spiro atoms. The van der Waals surface area contributed by atoms with Gasteiger partial charge in [0, 0.05) is 0 Å². The van der Waals surface area contributed by atoms with Crippen LogP contribution in [-0.4, -0.2) is 24.4 Å². The first kappa shape index (κ1) is 11.0. The maximum Gasteiger partial charge on any atom is 0.247 e. The number of amides is 2. The van der Waals surface area contributed by atoms with Gasteiger partial charge in [-0.25, -0.2) is 0 Å². The highest BCUT2D eigenvalue weighted by atomic mass is 35.5. The topological polar surface area (TPSA) is 49.4 Å². The predicted octanol–water partition coefficient (Wildman–Crippen LogP) is 1.19. The van der Waals surface area contributed by atoms with Crippen LogP contribution < -0.4 is 10.2 Å². The second-order valence-corrected chi connectivity index (χ2v) is 4.02. The molecule has 1 aromatic rings. The molecule has 1 N–H and O–H groups in total. The summed E-state index contributed by atoms with van der Waals surface area (Å²) in [5, 5.41) is 3.00. The smallest absolute Gasteiger partial charge is 0.247 e. The second-order valence-electron chi connectivity index (χ2n) is 3.61. The number of nitrogens with zero attached hydrogens (tertiary/aromatic N) is 1. The van der Waals surface area contributed by atoms with Crippen LogP contribution in [-0.2, 0) is 9.59 Å². The Morgan fingerprint density at radius 1 is 1.38 bits per heavy atom. The molecule has 0 aliphatic carbocycles. The van der Waals surface area contributed by atoms with Crippen molar-refractivity contribution >= 4 is 29.1 Å². The monoisotopic (exact) mass is 238 g/mol. The summed E-state index contributed by atoms with van der Waals surface area (Å²) in [5.41, 5.74) is 0.580. The lowest BCUT2D eigenvalue weighted by atomic mass is 10.1. The van der Waals surface area contributed by atoms with Crippen molar-refractivity contribution in [2.45, 2.75) is 13.0 Å². The van der Waals surface area contributed by atoms with Gasteiger partial charge in [-0.2, -0.15) is 0 Å². The summed E-state index contributed by atoms with van der Waals surface area (Å²) < 4.78 is 0. The normalized spacial score (nSPS) is 20.9. The van der Waals surface area contributed by atoms with Crippen LogP contribution in [0.1, 0.15) is 6.92 Å². The minimum atomic E-state index is -0.527. The molecule has 4 nitrogen and oxygen atoms in total. The summed E-state index contributed by atoms with van der Waals surface area (Å²) in [6, 6.07) is 6.47. The molecule has 1 saturated heterocycles. The third kappa shape index (κ3) is 1.76. The van der Waals surface area contributed by atoms with Crippen LogP contribution in [0.25, 0.3) is 0 Å². The third-order valence-corrected chi connectivity index (χ3v) is 2.88. The number of anilines is 1. The fourth-order valence-electron chi connectivity index (χ4n) is 1.72. The lowest BCUT2D eigenvalue weighted by Gasteiger charge is -2.33. The molecule has 16 heavy (non-hydrogen) atoms. The zero-order valence-corrected chi connectivity index (χ0v) is 9.49. The van der Waals surface area contributed by atoms with Crippen LogP contribution in [0.2, 0.25) is 5.02 Å². The number of carbonyl (C=O) groups excluding carboxylic acids is 2. The zero-order chi connectivity index (χ0) is 11.7. The molecule has 1 aliphatic heterocycles. The van der Waals surface area contributed by atoms with Gasteiger partial charge in [0.25, 0.3) is 0 Å². The first-order valence-corrected chi connectivity index (χ1v) is 5.33. The lowest BCUT2D eigenvalue weighted by molar-refractivity contribution is -0.130. The van der Waals surface area contributed by atoms with Gasteiger partial charge in [0.05, 0.1) is 17.3 Å². The third-order valence-electron chi connectivity index (χ3n) is 2.56. The van der Waals surface area contributed by atoms with Gasteiger partial charge in [-0.1, -0.05) is 23.7 Å². The highest BCUT2D eigenvalue weighted by molar-refractivity contribution is 6.34. The average Bonchev–Trinajstić information content (AvgIpc) is 2.27. The van der Waals surface area contributed by atoms with E-state index in [1.54, 1.807) is 31.2 Å². The Kier molecular flexibility index (Phi) is 2.83. The minimum absolute atomic E-state index is 0.0222. The largest absolute Gasteiger partial charge is 0.345 e. The lowest BCUT2D eigenvalue weighted by Crippen LogP contribution is -2.57. The molecular formula is C11H11ClN2O2. The molecule has 2 amide bonds. The van der Waals surface area contributed by atoms with E-state index in [-0.39, 0.29) is 18.4 Å². The summed E-state index contributed by atoms with van der Waals surface area (Å²) in [6.07, 6.45) is 0. The first-order chi connectivity index (χ1) is 7.61. The number of rotatable bonds is 1. The maximum absolute atomic E-state index is 11.8. The van der Waals surface area contributed by atoms with E-state index < -0.39 is 6.04 Å². The number of hydrogen-bond donors (Lipinski definition) is 1. The molecule has 0 radical (unpaired) electrons. The van der Waals surface area contributed by atoms with E-state index in [2.05, 4.69) is 5.32 Å². The fourth-order valence-corrected chi connectivity index (χ4v) is 1.95. The van der Waals surface area contributed by atoms with Crippen molar-refractivity contribution < 1.29 is 9.59 Å². The Hall–Kier alpha value is -1.55. The fraction of sp³-hybridized carbons (Fsp3) is 0.273. The summed E-state index contributed by atoms with van der Waals surface area (Å²) in [6.45, 7) is 1.70. The van der Waals surface area contributed by atoms with E-state index in [0.717, 1.165) is 0 Å². The van der Waals surface area contributed by atoms with E-state index in [1.165, 1.54) is 4.90 Å². The Balaban J connectivity index is 2.41. The highest BCUT2D eigenvalue weighted by Gasteiger charge is 2.32. The quantitative estimate of drug-likeness (QED) is 0.799. The van der Waals surface area contributed by atoms with Gasteiger partial charge in [-0.15, -0.1) is 0 Å². The molecule has 0 aromatic heterocycles. The number of para-hydroxylation sites is 1. The molecule has 2 rings (SSSR count). The summed E-state index contributed by atoms with van der Waals surface area (Å²) in [5.74, 6) is -0.320. The summed E-state index contributed by atoms with van der Waals surface area (Å²) in [4.78, 5) is 24.7. The molecule has 5 heteroatoms. The summed E-state index contributed by atoms with van der Waals surface area (Å²) in [7, 11) is 0. The molecule has 1 aliphatic rings. The van der Waals surface area contributed by atoms with E-state index in [0.29, 0.717) is 10.7 Å². The van der Waals surface area contributed by atoms with Gasteiger partial charge >= 0.3 is 0 Å². The summed E-state index contributed by atoms with van der Waals surface area (Å²) >= 11 is 6.01. The van der Waals surface area contributed by atoms with Crippen LogP contribution in [0.4, 0.5) is 5.69 Å². The van der Waals surface area contributed by atoms with Crippen molar-refractivity contribution in [2.24, 2.45) is 0 Å². The Morgan fingerprint density at radius 2 is 2.06 bits per heavy atom. The van der Waals surface area contributed by atoms with Crippen LogP contribution >= 0.6 is 11.6 Å². The molecule has 1 heterocycles. The number of nitrogens with one attached hydrogen (secondary N) is 1. The van der Waals surface area contributed by atoms with Crippen molar-refractivity contribution in [2.75, 3.05) is 11.4 Å². The van der Waals surface area contributed by atoms with Gasteiger partial charge in [0.15, 0.2) is 0 Å². The zero-order valence-electron chi connectivity index (χ0n) is 8.74. The highest BCUT2D eigenvalue weighted by Crippen LogP contribution is 2.27. The van der Waals surface area contributed by atoms with Crippen molar-refractivity contribution in [3.8, 4) is 0 Å². The predicted molar refractivity (Wildman–Crippen MR) is 61.4 cm³/mol. The molecule has 1 atom stereocenters. The van der Waals surface area contributed by atoms with Crippen molar-refractivity contribution in [1.82, 2.24) is 5.32 Å². The second kappa shape index (κ2) is 4.14. The number of carbonyl (C=O) groups is 2. The van der Waals surface area contributed by atoms with Crippen LogP contribution in [0.5, 0.6) is 0 Å². The maximum atomic E-state index is 11.8. The number of piperazine rings is 1. The molecular weight excluding hydrogens is 228 g/mol. The van der Waals surface area contributed by atoms with Crippen LogP contribution in [0, 0.1) is 0 Å². The molecule has 1 fully saturated rings. The van der Waals surface area contributed by atoms with Gasteiger partial charge in [0.2, 0.25) is 11.8 Å². The van der Waals surface area contributed by atoms with Crippen molar-refractivity contribution in [1.29, 1.82) is 0 Å². The molecule has 0 saturated carbocycles. The average molecular weight is 239 g/mol. The van der Waals surface area contributed by atoms with Crippen LogP contribution in [0.15, 0.2) is 24.3 Å². The molecule has 0 bridgehead atoms. The van der Waals surface area contributed by atoms with Crippen molar-refractivity contribution in [3.05, 3.63) is 29.3 Å². The van der Waals surface area contributed by atoms with Crippen LogP contribution in [0.3, 0.4) is 0 Å². The molecule has 1 aromatic carbocycles. The van der Waals surface area contributed by atoms with Gasteiger partial charge < -0.3 is 5.32 Å². The Morgan fingerprint density at radius 3 is 2.75 bits per heavy atom. The Labute approximate surface area is 98.2 Å². The molecule has 1 unspecified atom stereocenters. The number of halogens is 1. The Bertz CT molecular complexity index is 447. The first-order valence-electron chi connectivity index (χ1n) is 4.95. The van der Waals surface area contributed by atoms with Gasteiger partial charge in [-0.05, 0) is 19.1 Å². The van der Waals surface area contributed by atoms with Gasteiger partial charge in [-0.3, -0.25) is 14.5 Å². The van der Waals surface area contributed by atoms with Gasteiger partial charge in [0.1, 0.15) is 6.04 Å². The van der Waals surface area contributed by atoms with E-state index in [4.69, 9.17) is 11.6 Å². The minimum Gasteiger partial charge on any atom is -0.345 e. The van der Waals surface area contributed by atoms with E-state index >= 15 is 0 Å². The SMILES string of the molecule is CC1C(=O)NCC(=O)N1c1ccccc1Cl. The van der Waals surface area contributed by atoms with E-state index in [9.17, 15) is 9.59 Å².